The number of benzene rings is 1. The van der Waals surface area contributed by atoms with Gasteiger partial charge in [0.2, 0.25) is 15.9 Å². The molecule has 6 nitrogen and oxygen atoms in total. The van der Waals surface area contributed by atoms with Crippen LogP contribution in [-0.2, 0) is 14.8 Å². The highest BCUT2D eigenvalue weighted by molar-refractivity contribution is 7.92. The Morgan fingerprint density at radius 3 is 2.25 bits per heavy atom. The van der Waals surface area contributed by atoms with Crippen molar-refractivity contribution in [2.45, 2.75) is 52.7 Å². The standard InChI is InChI=1S/C17H28N2O4S/c1-6-14(4)18-17(20)11-12-19(24(5,21)22)15-7-9-16(10-8-15)23-13(2)3/h7-10,13-14H,6,11-12H2,1-5H3,(H,18,20). The number of amides is 1. The van der Waals surface area contributed by atoms with E-state index in [1.54, 1.807) is 24.3 Å². The zero-order valence-corrected chi connectivity index (χ0v) is 15.9. The summed E-state index contributed by atoms with van der Waals surface area (Å²) >= 11 is 0. The Morgan fingerprint density at radius 1 is 1.21 bits per heavy atom. The van der Waals surface area contributed by atoms with Gasteiger partial charge in [0.05, 0.1) is 18.0 Å². The van der Waals surface area contributed by atoms with E-state index in [4.69, 9.17) is 4.74 Å². The Hall–Kier alpha value is -1.76. The first-order chi connectivity index (χ1) is 11.1. The predicted octanol–water partition coefficient (Wildman–Crippen LogP) is 2.54. The molecule has 0 aliphatic carbocycles. The minimum Gasteiger partial charge on any atom is -0.491 e. The van der Waals surface area contributed by atoms with Crippen LogP contribution in [-0.4, -0.2) is 39.3 Å². The smallest absolute Gasteiger partial charge is 0.232 e. The molecule has 24 heavy (non-hydrogen) atoms. The third-order valence-electron chi connectivity index (χ3n) is 3.46. The third-order valence-corrected chi connectivity index (χ3v) is 4.65. The second-order valence-corrected chi connectivity index (χ2v) is 8.03. The quantitative estimate of drug-likeness (QED) is 0.738. The molecule has 1 aromatic carbocycles. The molecule has 0 saturated heterocycles. The number of nitrogens with zero attached hydrogens (tertiary/aromatic N) is 1. The van der Waals surface area contributed by atoms with Crippen LogP contribution in [0.4, 0.5) is 5.69 Å². The van der Waals surface area contributed by atoms with E-state index in [1.807, 2.05) is 27.7 Å². The third kappa shape index (κ3) is 6.78. The summed E-state index contributed by atoms with van der Waals surface area (Å²) in [6, 6.07) is 6.91. The number of hydrogen-bond acceptors (Lipinski definition) is 4. The molecular weight excluding hydrogens is 328 g/mol. The number of carbonyl (C=O) groups excluding carboxylic acids is 1. The fourth-order valence-corrected chi connectivity index (χ4v) is 3.03. The Bertz CT molecular complexity index is 626. The molecule has 0 radical (unpaired) electrons. The molecule has 0 heterocycles. The summed E-state index contributed by atoms with van der Waals surface area (Å²) in [5.41, 5.74) is 0.518. The summed E-state index contributed by atoms with van der Waals surface area (Å²) in [6.45, 7) is 7.85. The molecular formula is C17H28N2O4S. The molecule has 0 spiro atoms. The normalized spacial score (nSPS) is 12.8. The van der Waals surface area contributed by atoms with E-state index < -0.39 is 10.0 Å². The van der Waals surface area contributed by atoms with Gasteiger partial charge in [0, 0.05) is 19.0 Å². The number of ether oxygens (including phenoxy) is 1. The fourth-order valence-electron chi connectivity index (χ4n) is 2.10. The molecule has 0 aromatic heterocycles. The van der Waals surface area contributed by atoms with Crippen LogP contribution in [0.1, 0.15) is 40.5 Å². The molecule has 0 fully saturated rings. The SMILES string of the molecule is CCC(C)NC(=O)CCN(c1ccc(OC(C)C)cc1)S(C)(=O)=O. The van der Waals surface area contributed by atoms with Gasteiger partial charge in [-0.15, -0.1) is 0 Å². The van der Waals surface area contributed by atoms with E-state index in [9.17, 15) is 13.2 Å². The zero-order valence-electron chi connectivity index (χ0n) is 15.1. The van der Waals surface area contributed by atoms with Gasteiger partial charge >= 0.3 is 0 Å². The van der Waals surface area contributed by atoms with Crippen molar-refractivity contribution < 1.29 is 17.9 Å². The van der Waals surface area contributed by atoms with E-state index in [2.05, 4.69) is 5.32 Å². The van der Waals surface area contributed by atoms with Crippen LogP contribution in [0, 0.1) is 0 Å². The van der Waals surface area contributed by atoms with Gasteiger partial charge in [0.1, 0.15) is 5.75 Å². The van der Waals surface area contributed by atoms with Crippen LogP contribution < -0.4 is 14.4 Å². The van der Waals surface area contributed by atoms with Gasteiger partial charge in [-0.25, -0.2) is 8.42 Å². The second kappa shape index (κ2) is 8.92. The lowest BCUT2D eigenvalue weighted by atomic mass is 10.2. The van der Waals surface area contributed by atoms with E-state index in [0.717, 1.165) is 12.7 Å². The predicted molar refractivity (Wildman–Crippen MR) is 96.9 cm³/mol. The summed E-state index contributed by atoms with van der Waals surface area (Å²) in [5.74, 6) is 0.523. The van der Waals surface area contributed by atoms with E-state index in [0.29, 0.717) is 11.4 Å². The summed E-state index contributed by atoms with van der Waals surface area (Å²) in [4.78, 5) is 11.9. The first-order valence-corrected chi connectivity index (χ1v) is 10.0. The second-order valence-electron chi connectivity index (χ2n) is 6.12. The molecule has 136 valence electrons. The lowest BCUT2D eigenvalue weighted by molar-refractivity contribution is -0.121. The van der Waals surface area contributed by atoms with Gasteiger partial charge < -0.3 is 10.1 Å². The number of nitrogens with one attached hydrogen (secondary N) is 1. The van der Waals surface area contributed by atoms with Crippen LogP contribution in [0.15, 0.2) is 24.3 Å². The van der Waals surface area contributed by atoms with Crippen molar-refractivity contribution in [3.8, 4) is 5.75 Å². The lowest BCUT2D eigenvalue weighted by Crippen LogP contribution is -2.37. The number of sulfonamides is 1. The maximum Gasteiger partial charge on any atom is 0.232 e. The van der Waals surface area contributed by atoms with Crippen LogP contribution in [0.25, 0.3) is 0 Å². The molecule has 1 N–H and O–H groups in total. The number of rotatable bonds is 9. The van der Waals surface area contributed by atoms with Gasteiger partial charge in [0.15, 0.2) is 0 Å². The first kappa shape index (κ1) is 20.3. The number of anilines is 1. The van der Waals surface area contributed by atoms with Crippen LogP contribution in [0.5, 0.6) is 5.75 Å². The number of carbonyl (C=O) groups is 1. The van der Waals surface area contributed by atoms with Gasteiger partial charge in [-0.3, -0.25) is 9.10 Å². The summed E-state index contributed by atoms with van der Waals surface area (Å²) in [7, 11) is -3.47. The van der Waals surface area contributed by atoms with Gasteiger partial charge in [0.25, 0.3) is 0 Å². The zero-order chi connectivity index (χ0) is 18.3. The van der Waals surface area contributed by atoms with Crippen molar-refractivity contribution in [2.24, 2.45) is 0 Å². The maximum atomic E-state index is 12.0. The number of hydrogen-bond donors (Lipinski definition) is 1. The summed E-state index contributed by atoms with van der Waals surface area (Å²) in [5, 5.41) is 2.84. The molecule has 0 bridgehead atoms. The Labute approximate surface area is 145 Å². The fraction of sp³-hybridized carbons (Fsp3) is 0.588. The van der Waals surface area contributed by atoms with Gasteiger partial charge in [-0.1, -0.05) is 6.92 Å². The van der Waals surface area contributed by atoms with Crippen LogP contribution in [0.2, 0.25) is 0 Å². The van der Waals surface area contributed by atoms with Crippen LogP contribution in [0.3, 0.4) is 0 Å². The Morgan fingerprint density at radius 2 is 1.79 bits per heavy atom. The molecule has 7 heteroatoms. The minimum absolute atomic E-state index is 0.0473. The molecule has 0 saturated carbocycles. The van der Waals surface area contributed by atoms with E-state index >= 15 is 0 Å². The molecule has 0 aliphatic heterocycles. The molecule has 1 rings (SSSR count). The van der Waals surface area contributed by atoms with E-state index in [1.165, 1.54) is 4.31 Å². The minimum atomic E-state index is -3.47. The average Bonchev–Trinajstić information content (AvgIpc) is 2.47. The van der Waals surface area contributed by atoms with E-state index in [-0.39, 0.29) is 31.0 Å². The molecule has 1 aromatic rings. The summed E-state index contributed by atoms with van der Waals surface area (Å²) in [6.07, 6.45) is 2.13. The van der Waals surface area contributed by atoms with Gasteiger partial charge in [-0.05, 0) is 51.5 Å². The van der Waals surface area contributed by atoms with Crippen LogP contribution >= 0.6 is 0 Å². The average molecular weight is 356 g/mol. The molecule has 1 atom stereocenters. The van der Waals surface area contributed by atoms with Crippen molar-refractivity contribution >= 4 is 21.6 Å². The summed E-state index contributed by atoms with van der Waals surface area (Å²) < 4.78 is 30.9. The van der Waals surface area contributed by atoms with Crippen molar-refractivity contribution in [3.05, 3.63) is 24.3 Å². The van der Waals surface area contributed by atoms with Crippen molar-refractivity contribution in [1.29, 1.82) is 0 Å². The molecule has 1 amide bonds. The van der Waals surface area contributed by atoms with Gasteiger partial charge in [-0.2, -0.15) is 0 Å². The molecule has 0 aliphatic rings. The lowest BCUT2D eigenvalue weighted by Gasteiger charge is -2.23. The molecule has 1 unspecified atom stereocenters. The van der Waals surface area contributed by atoms with Crippen molar-refractivity contribution in [1.82, 2.24) is 5.32 Å². The highest BCUT2D eigenvalue weighted by Gasteiger charge is 2.19. The first-order valence-electron chi connectivity index (χ1n) is 8.17. The Kier molecular flexibility index (Phi) is 7.54. The topological polar surface area (TPSA) is 75.7 Å². The monoisotopic (exact) mass is 356 g/mol. The van der Waals surface area contributed by atoms with Crippen molar-refractivity contribution in [3.63, 3.8) is 0 Å². The highest BCUT2D eigenvalue weighted by atomic mass is 32.2. The highest BCUT2D eigenvalue weighted by Crippen LogP contribution is 2.22. The maximum absolute atomic E-state index is 12.0. The largest absolute Gasteiger partial charge is 0.491 e. The van der Waals surface area contributed by atoms with Crippen molar-refractivity contribution in [2.75, 3.05) is 17.1 Å². The Balaban J connectivity index is 2.81.